The molecule has 2 rings (SSSR count). The first-order valence-electron chi connectivity index (χ1n) is 7.24. The predicted molar refractivity (Wildman–Crippen MR) is 88.3 cm³/mol. The zero-order valence-corrected chi connectivity index (χ0v) is 13.1. The molecule has 0 saturated carbocycles. The van der Waals surface area contributed by atoms with Gasteiger partial charge in [-0.05, 0) is 35.8 Å². The Morgan fingerprint density at radius 1 is 1.19 bits per heavy atom. The van der Waals surface area contributed by atoms with Gasteiger partial charge in [-0.2, -0.15) is 0 Å². The summed E-state index contributed by atoms with van der Waals surface area (Å²) in [7, 11) is 0. The topological polar surface area (TPSA) is 55.1 Å². The highest BCUT2D eigenvalue weighted by molar-refractivity contribution is 7.09. The Bertz CT molecular complexity index is 539. The highest BCUT2D eigenvalue weighted by atomic mass is 32.1. The molecule has 2 atom stereocenters. The van der Waals surface area contributed by atoms with Crippen molar-refractivity contribution in [1.29, 1.82) is 0 Å². The van der Waals surface area contributed by atoms with Gasteiger partial charge in [-0.3, -0.25) is 4.79 Å². The average molecular weight is 302 g/mol. The molecule has 0 radical (unpaired) electrons. The monoisotopic (exact) mass is 302 g/mol. The molecule has 2 aromatic rings. The van der Waals surface area contributed by atoms with E-state index < -0.39 is 6.04 Å². The summed E-state index contributed by atoms with van der Waals surface area (Å²) in [6.45, 7) is 2.81. The van der Waals surface area contributed by atoms with Gasteiger partial charge in [-0.1, -0.05) is 43.3 Å². The SMILES string of the molecule is CC(CNC(=O)[C@@H](N)Cc1ccccc1)Cc1cccs1. The van der Waals surface area contributed by atoms with Gasteiger partial charge in [-0.25, -0.2) is 0 Å². The molecule has 0 saturated heterocycles. The molecule has 1 amide bonds. The van der Waals surface area contributed by atoms with Crippen LogP contribution in [0.4, 0.5) is 0 Å². The lowest BCUT2D eigenvalue weighted by atomic mass is 10.0. The van der Waals surface area contributed by atoms with Gasteiger partial charge < -0.3 is 11.1 Å². The number of nitrogens with two attached hydrogens (primary N) is 1. The number of thiophene rings is 1. The molecule has 0 spiro atoms. The Labute approximate surface area is 130 Å². The summed E-state index contributed by atoms with van der Waals surface area (Å²) in [5.74, 6) is 0.341. The van der Waals surface area contributed by atoms with E-state index in [1.165, 1.54) is 4.88 Å². The summed E-state index contributed by atoms with van der Waals surface area (Å²) in [6, 6.07) is 13.6. The van der Waals surface area contributed by atoms with Gasteiger partial charge in [0.25, 0.3) is 0 Å². The number of nitrogens with one attached hydrogen (secondary N) is 1. The summed E-state index contributed by atoms with van der Waals surface area (Å²) >= 11 is 1.76. The molecule has 0 aliphatic heterocycles. The molecule has 0 aliphatic rings. The van der Waals surface area contributed by atoms with E-state index in [4.69, 9.17) is 5.73 Å². The van der Waals surface area contributed by atoms with Crippen LogP contribution in [0.2, 0.25) is 0 Å². The minimum absolute atomic E-state index is 0.0723. The lowest BCUT2D eigenvalue weighted by Gasteiger charge is -2.15. The molecule has 4 heteroatoms. The largest absolute Gasteiger partial charge is 0.354 e. The van der Waals surface area contributed by atoms with E-state index in [0.29, 0.717) is 18.9 Å². The summed E-state index contributed by atoms with van der Waals surface area (Å²) in [5, 5.41) is 5.04. The summed E-state index contributed by atoms with van der Waals surface area (Å²) in [6.07, 6.45) is 1.57. The molecule has 1 unspecified atom stereocenters. The predicted octanol–water partition coefficient (Wildman–Crippen LogP) is 2.61. The maximum atomic E-state index is 12.0. The number of rotatable bonds is 7. The fourth-order valence-electron chi connectivity index (χ4n) is 2.21. The van der Waals surface area contributed by atoms with Crippen LogP contribution in [-0.4, -0.2) is 18.5 Å². The zero-order chi connectivity index (χ0) is 15.1. The van der Waals surface area contributed by atoms with Gasteiger partial charge in [0.1, 0.15) is 0 Å². The van der Waals surface area contributed by atoms with Crippen molar-refractivity contribution < 1.29 is 4.79 Å². The number of carbonyl (C=O) groups excluding carboxylic acids is 1. The third-order valence-corrected chi connectivity index (χ3v) is 4.29. The molecule has 1 heterocycles. The number of hydrogen-bond donors (Lipinski definition) is 2. The van der Waals surface area contributed by atoms with Gasteiger partial charge in [0.05, 0.1) is 6.04 Å². The quantitative estimate of drug-likeness (QED) is 0.826. The van der Waals surface area contributed by atoms with E-state index in [2.05, 4.69) is 29.8 Å². The second-order valence-electron chi connectivity index (χ2n) is 5.43. The standard InChI is InChI=1S/C17H22N2OS/c1-13(10-15-8-5-9-21-15)12-19-17(20)16(18)11-14-6-3-2-4-7-14/h2-9,13,16H,10-12,18H2,1H3,(H,19,20)/t13?,16-/m0/s1. The van der Waals surface area contributed by atoms with Crippen molar-refractivity contribution in [2.75, 3.05) is 6.54 Å². The fourth-order valence-corrected chi connectivity index (χ4v) is 3.08. The van der Waals surface area contributed by atoms with Gasteiger partial charge in [-0.15, -0.1) is 11.3 Å². The van der Waals surface area contributed by atoms with Crippen LogP contribution in [0.15, 0.2) is 47.8 Å². The molecular formula is C17H22N2OS. The Morgan fingerprint density at radius 2 is 1.95 bits per heavy atom. The van der Waals surface area contributed by atoms with Crippen molar-refractivity contribution in [2.45, 2.75) is 25.8 Å². The van der Waals surface area contributed by atoms with Crippen molar-refractivity contribution in [2.24, 2.45) is 11.7 Å². The van der Waals surface area contributed by atoms with Crippen molar-refractivity contribution in [3.8, 4) is 0 Å². The molecule has 0 fully saturated rings. The second kappa shape index (κ2) is 7.96. The fraction of sp³-hybridized carbons (Fsp3) is 0.353. The molecule has 21 heavy (non-hydrogen) atoms. The molecule has 3 nitrogen and oxygen atoms in total. The Balaban J connectivity index is 1.73. The maximum absolute atomic E-state index is 12.0. The van der Waals surface area contributed by atoms with Crippen molar-refractivity contribution >= 4 is 17.2 Å². The van der Waals surface area contributed by atoms with Gasteiger partial charge >= 0.3 is 0 Å². The van der Waals surface area contributed by atoms with Gasteiger partial charge in [0.2, 0.25) is 5.91 Å². The third-order valence-electron chi connectivity index (χ3n) is 3.39. The van der Waals surface area contributed by atoms with Gasteiger partial charge in [0.15, 0.2) is 0 Å². The number of hydrogen-bond acceptors (Lipinski definition) is 3. The van der Waals surface area contributed by atoms with E-state index in [1.807, 2.05) is 30.3 Å². The first-order valence-corrected chi connectivity index (χ1v) is 8.12. The lowest BCUT2D eigenvalue weighted by molar-refractivity contribution is -0.122. The van der Waals surface area contributed by atoms with Crippen LogP contribution in [0, 0.1) is 5.92 Å². The van der Waals surface area contributed by atoms with Crippen LogP contribution in [-0.2, 0) is 17.6 Å². The maximum Gasteiger partial charge on any atom is 0.237 e. The summed E-state index contributed by atoms with van der Waals surface area (Å²) in [4.78, 5) is 13.4. The normalized spacial score (nSPS) is 13.6. The Kier molecular flexibility index (Phi) is 5.96. The molecule has 1 aromatic heterocycles. The average Bonchev–Trinajstić information content (AvgIpc) is 2.98. The molecule has 112 valence electrons. The van der Waals surface area contributed by atoms with E-state index in [9.17, 15) is 4.79 Å². The highest BCUT2D eigenvalue weighted by Gasteiger charge is 2.15. The first-order chi connectivity index (χ1) is 10.1. The van der Waals surface area contributed by atoms with Crippen molar-refractivity contribution in [3.63, 3.8) is 0 Å². The summed E-state index contributed by atoms with van der Waals surface area (Å²) in [5.41, 5.74) is 7.05. The van der Waals surface area contributed by atoms with E-state index >= 15 is 0 Å². The van der Waals surface area contributed by atoms with E-state index in [0.717, 1.165) is 12.0 Å². The van der Waals surface area contributed by atoms with Crippen LogP contribution >= 0.6 is 11.3 Å². The van der Waals surface area contributed by atoms with Crippen LogP contribution < -0.4 is 11.1 Å². The van der Waals surface area contributed by atoms with E-state index in [-0.39, 0.29) is 5.91 Å². The number of carbonyl (C=O) groups is 1. The molecule has 3 N–H and O–H groups in total. The molecule has 0 bridgehead atoms. The van der Waals surface area contributed by atoms with Crippen LogP contribution in [0.1, 0.15) is 17.4 Å². The summed E-state index contributed by atoms with van der Waals surface area (Å²) < 4.78 is 0. The van der Waals surface area contributed by atoms with Crippen molar-refractivity contribution in [1.82, 2.24) is 5.32 Å². The van der Waals surface area contributed by atoms with Crippen molar-refractivity contribution in [3.05, 3.63) is 58.3 Å². The molecule has 1 aromatic carbocycles. The first kappa shape index (κ1) is 15.7. The van der Waals surface area contributed by atoms with Crippen LogP contribution in [0.3, 0.4) is 0 Å². The third kappa shape index (κ3) is 5.33. The number of amides is 1. The molecule has 0 aliphatic carbocycles. The zero-order valence-electron chi connectivity index (χ0n) is 12.3. The Hall–Kier alpha value is -1.65. The van der Waals surface area contributed by atoms with E-state index in [1.54, 1.807) is 11.3 Å². The second-order valence-corrected chi connectivity index (χ2v) is 6.46. The van der Waals surface area contributed by atoms with Crippen LogP contribution in [0.5, 0.6) is 0 Å². The van der Waals surface area contributed by atoms with Crippen LogP contribution in [0.25, 0.3) is 0 Å². The number of benzene rings is 1. The minimum atomic E-state index is -0.485. The highest BCUT2D eigenvalue weighted by Crippen LogP contribution is 2.13. The smallest absolute Gasteiger partial charge is 0.237 e. The lowest BCUT2D eigenvalue weighted by Crippen LogP contribution is -2.43. The Morgan fingerprint density at radius 3 is 2.62 bits per heavy atom. The minimum Gasteiger partial charge on any atom is -0.354 e. The van der Waals surface area contributed by atoms with Gasteiger partial charge in [0, 0.05) is 11.4 Å². The molecular weight excluding hydrogens is 280 g/mol.